The summed E-state index contributed by atoms with van der Waals surface area (Å²) in [5.74, 6) is 0.781. The third-order valence-corrected chi connectivity index (χ3v) is 5.67. The predicted molar refractivity (Wildman–Crippen MR) is 113 cm³/mol. The van der Waals surface area contributed by atoms with Crippen LogP contribution in [0.4, 0.5) is 0 Å². The number of hydrogen-bond donors (Lipinski definition) is 0. The Hall–Kier alpha value is -3.30. The number of rotatable bonds is 5. The average molecular weight is 425 g/mol. The standard InChI is InChI=1S/C20H15N3O4S2/c1-12(24)27-15-7-5-13(10-16(15)26-2)11-17-19(25)23-20(29-17)21-18(22-23)8-6-14-4-3-9-28-14/h3-11H,1-2H3. The topological polar surface area (TPSA) is 82.8 Å². The number of thiophene rings is 1. The van der Waals surface area contributed by atoms with Crippen molar-refractivity contribution in [3.8, 4) is 11.5 Å². The molecule has 4 aromatic rings. The Morgan fingerprint density at radius 3 is 2.76 bits per heavy atom. The SMILES string of the molecule is COc1cc(C=c2sc3nc(C=Cc4cccs4)nn3c2=O)ccc1OC(C)=O. The van der Waals surface area contributed by atoms with E-state index in [1.54, 1.807) is 41.7 Å². The summed E-state index contributed by atoms with van der Waals surface area (Å²) in [6.45, 7) is 1.32. The number of ether oxygens (including phenoxy) is 2. The lowest BCUT2D eigenvalue weighted by Gasteiger charge is -2.08. The first-order chi connectivity index (χ1) is 14.0. The number of esters is 1. The summed E-state index contributed by atoms with van der Waals surface area (Å²) in [6, 6.07) is 9.02. The summed E-state index contributed by atoms with van der Waals surface area (Å²) < 4.78 is 12.2. The van der Waals surface area contributed by atoms with Gasteiger partial charge in [-0.1, -0.05) is 23.5 Å². The van der Waals surface area contributed by atoms with Gasteiger partial charge in [0.2, 0.25) is 4.96 Å². The van der Waals surface area contributed by atoms with Crippen LogP contribution >= 0.6 is 22.7 Å². The van der Waals surface area contributed by atoms with Crippen LogP contribution in [0, 0.1) is 0 Å². The van der Waals surface area contributed by atoms with Crippen LogP contribution in [0.3, 0.4) is 0 Å². The van der Waals surface area contributed by atoms with Crippen LogP contribution in [-0.2, 0) is 4.79 Å². The number of fused-ring (bicyclic) bond motifs is 1. The van der Waals surface area contributed by atoms with Gasteiger partial charge in [0.15, 0.2) is 17.3 Å². The van der Waals surface area contributed by atoms with Gasteiger partial charge in [-0.05, 0) is 47.4 Å². The molecule has 0 radical (unpaired) electrons. The molecular weight excluding hydrogens is 410 g/mol. The zero-order chi connectivity index (χ0) is 20.4. The second-order valence-corrected chi connectivity index (χ2v) is 7.92. The van der Waals surface area contributed by atoms with Crippen molar-refractivity contribution in [2.45, 2.75) is 6.92 Å². The molecule has 9 heteroatoms. The Balaban J connectivity index is 1.66. The number of hydrogen-bond acceptors (Lipinski definition) is 8. The lowest BCUT2D eigenvalue weighted by atomic mass is 10.2. The van der Waals surface area contributed by atoms with Gasteiger partial charge in [-0.3, -0.25) is 9.59 Å². The van der Waals surface area contributed by atoms with Gasteiger partial charge < -0.3 is 9.47 Å². The van der Waals surface area contributed by atoms with Crippen molar-refractivity contribution >= 4 is 51.8 Å². The van der Waals surface area contributed by atoms with Crippen molar-refractivity contribution in [3.63, 3.8) is 0 Å². The maximum Gasteiger partial charge on any atom is 0.308 e. The summed E-state index contributed by atoms with van der Waals surface area (Å²) in [4.78, 5) is 29.8. The van der Waals surface area contributed by atoms with E-state index in [1.165, 1.54) is 29.9 Å². The lowest BCUT2D eigenvalue weighted by molar-refractivity contribution is -0.132. The monoisotopic (exact) mass is 425 g/mol. The number of carbonyl (C=O) groups is 1. The van der Waals surface area contributed by atoms with Crippen LogP contribution in [0.25, 0.3) is 23.2 Å². The van der Waals surface area contributed by atoms with E-state index in [-0.39, 0.29) is 5.56 Å². The third-order valence-electron chi connectivity index (χ3n) is 3.88. The number of carbonyl (C=O) groups excluding carboxylic acids is 1. The van der Waals surface area contributed by atoms with Gasteiger partial charge in [-0.25, -0.2) is 0 Å². The molecule has 0 bridgehead atoms. The Kier molecular flexibility index (Phi) is 5.24. The van der Waals surface area contributed by atoms with Crippen molar-refractivity contribution < 1.29 is 14.3 Å². The first-order valence-corrected chi connectivity index (χ1v) is 10.2. The number of thiazole rings is 1. The van der Waals surface area contributed by atoms with E-state index in [1.807, 2.05) is 23.6 Å². The van der Waals surface area contributed by atoms with Gasteiger partial charge in [0.05, 0.1) is 11.6 Å². The van der Waals surface area contributed by atoms with E-state index in [4.69, 9.17) is 9.47 Å². The number of nitrogens with zero attached hydrogens (tertiary/aromatic N) is 3. The molecule has 0 saturated heterocycles. The molecule has 3 aromatic heterocycles. The van der Waals surface area contributed by atoms with E-state index in [2.05, 4.69) is 10.1 Å². The second-order valence-electron chi connectivity index (χ2n) is 5.93. The first-order valence-electron chi connectivity index (χ1n) is 8.53. The first kappa shape index (κ1) is 19.0. The fraction of sp³-hybridized carbons (Fsp3) is 0.100. The van der Waals surface area contributed by atoms with Crippen molar-refractivity contribution in [3.05, 3.63) is 66.9 Å². The van der Waals surface area contributed by atoms with E-state index < -0.39 is 5.97 Å². The van der Waals surface area contributed by atoms with Crippen LogP contribution in [0.5, 0.6) is 11.5 Å². The normalized spacial score (nSPS) is 12.1. The molecule has 0 aliphatic rings. The van der Waals surface area contributed by atoms with Gasteiger partial charge in [-0.15, -0.1) is 16.4 Å². The molecule has 0 aliphatic heterocycles. The van der Waals surface area contributed by atoms with Gasteiger partial charge >= 0.3 is 5.97 Å². The van der Waals surface area contributed by atoms with Gasteiger partial charge in [-0.2, -0.15) is 9.50 Å². The smallest absolute Gasteiger partial charge is 0.308 e. The highest BCUT2D eigenvalue weighted by atomic mass is 32.1. The van der Waals surface area contributed by atoms with Crippen molar-refractivity contribution in [2.75, 3.05) is 7.11 Å². The van der Waals surface area contributed by atoms with Crippen LogP contribution in [0.1, 0.15) is 23.2 Å². The molecule has 0 aliphatic carbocycles. The van der Waals surface area contributed by atoms with E-state index in [0.717, 1.165) is 10.4 Å². The van der Waals surface area contributed by atoms with E-state index in [9.17, 15) is 9.59 Å². The molecule has 0 spiro atoms. The van der Waals surface area contributed by atoms with Gasteiger partial charge in [0.1, 0.15) is 0 Å². The average Bonchev–Trinajstić information content (AvgIpc) is 3.40. The molecule has 29 heavy (non-hydrogen) atoms. The maximum absolute atomic E-state index is 12.7. The van der Waals surface area contributed by atoms with Crippen molar-refractivity contribution in [1.82, 2.24) is 14.6 Å². The van der Waals surface area contributed by atoms with Crippen LogP contribution in [0.2, 0.25) is 0 Å². The fourth-order valence-electron chi connectivity index (χ4n) is 2.63. The maximum atomic E-state index is 12.7. The number of benzene rings is 1. The van der Waals surface area contributed by atoms with Gasteiger partial charge in [0.25, 0.3) is 5.56 Å². The number of aromatic nitrogens is 3. The Morgan fingerprint density at radius 2 is 2.07 bits per heavy atom. The minimum Gasteiger partial charge on any atom is -0.493 e. The van der Waals surface area contributed by atoms with Crippen molar-refractivity contribution in [1.29, 1.82) is 0 Å². The molecule has 146 valence electrons. The van der Waals surface area contributed by atoms with Crippen LogP contribution < -0.4 is 19.6 Å². The Labute approximate surface area is 173 Å². The quantitative estimate of drug-likeness (QED) is 0.361. The minimum absolute atomic E-state index is 0.240. The van der Waals surface area contributed by atoms with E-state index in [0.29, 0.717) is 26.8 Å². The molecular formula is C20H15N3O4S2. The predicted octanol–water partition coefficient (Wildman–Crippen LogP) is 2.86. The highest BCUT2D eigenvalue weighted by molar-refractivity contribution is 7.15. The Morgan fingerprint density at radius 1 is 1.21 bits per heavy atom. The van der Waals surface area contributed by atoms with Crippen LogP contribution in [0.15, 0.2) is 40.5 Å². The van der Waals surface area contributed by atoms with Crippen molar-refractivity contribution in [2.24, 2.45) is 0 Å². The summed E-state index contributed by atoms with van der Waals surface area (Å²) >= 11 is 2.87. The van der Waals surface area contributed by atoms with Crippen LogP contribution in [-0.4, -0.2) is 27.7 Å². The zero-order valence-corrected chi connectivity index (χ0v) is 17.1. The molecule has 4 rings (SSSR count). The summed E-state index contributed by atoms with van der Waals surface area (Å²) in [6.07, 6.45) is 5.43. The molecule has 7 nitrogen and oxygen atoms in total. The highest BCUT2D eigenvalue weighted by Gasteiger charge is 2.11. The molecule has 0 saturated carbocycles. The zero-order valence-electron chi connectivity index (χ0n) is 15.5. The minimum atomic E-state index is -0.434. The number of methoxy groups -OCH3 is 1. The Bertz CT molecular complexity index is 1320. The van der Waals surface area contributed by atoms with Gasteiger partial charge in [0, 0.05) is 11.8 Å². The molecule has 3 heterocycles. The molecule has 0 atom stereocenters. The molecule has 0 amide bonds. The molecule has 1 aromatic carbocycles. The third kappa shape index (κ3) is 4.10. The summed E-state index contributed by atoms with van der Waals surface area (Å²) in [5, 5.41) is 6.26. The summed E-state index contributed by atoms with van der Waals surface area (Å²) in [7, 11) is 1.49. The molecule has 0 unspecified atom stereocenters. The molecule has 0 fully saturated rings. The fourth-order valence-corrected chi connectivity index (χ4v) is 4.16. The lowest BCUT2D eigenvalue weighted by Crippen LogP contribution is -2.23. The highest BCUT2D eigenvalue weighted by Crippen LogP contribution is 2.28. The van der Waals surface area contributed by atoms with E-state index >= 15 is 0 Å². The molecule has 0 N–H and O–H groups in total. The largest absolute Gasteiger partial charge is 0.493 e. The summed E-state index contributed by atoms with van der Waals surface area (Å²) in [5.41, 5.74) is 0.494. The second kappa shape index (κ2) is 7.98.